The molecule has 0 saturated carbocycles. The molecule has 1 amide bonds. The third kappa shape index (κ3) is 6.02. The number of amides is 1. The number of hydrogen-bond acceptors (Lipinski definition) is 5. The number of furan rings is 1. The molecule has 0 saturated heterocycles. The molecule has 0 unspecified atom stereocenters. The van der Waals surface area contributed by atoms with Gasteiger partial charge in [0, 0.05) is 14.0 Å². The van der Waals surface area contributed by atoms with Crippen molar-refractivity contribution in [3.63, 3.8) is 0 Å². The number of fused-ring (bicyclic) bond motifs is 1. The van der Waals surface area contributed by atoms with E-state index in [2.05, 4.69) is 33.1 Å². The fourth-order valence-electron chi connectivity index (χ4n) is 3.15. The van der Waals surface area contributed by atoms with Gasteiger partial charge in [-0.1, -0.05) is 35.3 Å². The largest absolute Gasteiger partial charge is 0.490 e. The first-order chi connectivity index (χ1) is 16.4. The van der Waals surface area contributed by atoms with E-state index in [-0.39, 0.29) is 5.76 Å². The van der Waals surface area contributed by atoms with Gasteiger partial charge in [-0.2, -0.15) is 5.10 Å². The van der Waals surface area contributed by atoms with E-state index >= 15 is 0 Å². The first kappa shape index (κ1) is 24.4. The van der Waals surface area contributed by atoms with Gasteiger partial charge in [0.15, 0.2) is 17.3 Å². The van der Waals surface area contributed by atoms with Gasteiger partial charge in [0.1, 0.15) is 12.2 Å². The number of ether oxygens (including phenoxy) is 2. The molecule has 174 valence electrons. The lowest BCUT2D eigenvalue weighted by Gasteiger charge is -2.14. The van der Waals surface area contributed by atoms with E-state index in [0.29, 0.717) is 45.9 Å². The van der Waals surface area contributed by atoms with Gasteiger partial charge in [-0.05, 0) is 89.2 Å². The predicted octanol–water partition coefficient (Wildman–Crippen LogP) is 7.09. The molecule has 1 aromatic heterocycles. The van der Waals surface area contributed by atoms with Crippen LogP contribution in [0.15, 0.2) is 70.2 Å². The van der Waals surface area contributed by atoms with Crippen LogP contribution in [-0.4, -0.2) is 18.7 Å². The maximum absolute atomic E-state index is 12.4. The highest BCUT2D eigenvalue weighted by Crippen LogP contribution is 2.37. The lowest BCUT2D eigenvalue weighted by atomic mass is 10.2. The summed E-state index contributed by atoms with van der Waals surface area (Å²) in [5.74, 6) is 0.575. The molecule has 9 heteroatoms. The van der Waals surface area contributed by atoms with Gasteiger partial charge in [0.25, 0.3) is 0 Å². The van der Waals surface area contributed by atoms with Crippen molar-refractivity contribution in [2.24, 2.45) is 5.10 Å². The summed E-state index contributed by atoms with van der Waals surface area (Å²) in [4.78, 5) is 12.4. The highest BCUT2D eigenvalue weighted by Gasteiger charge is 2.14. The van der Waals surface area contributed by atoms with Crippen molar-refractivity contribution in [1.29, 1.82) is 0 Å². The molecular weight excluding hydrogens is 590 g/mol. The second kappa shape index (κ2) is 11.1. The minimum Gasteiger partial charge on any atom is -0.490 e. The average Bonchev–Trinajstić information content (AvgIpc) is 3.23. The number of carbonyl (C=O) groups is 1. The zero-order chi connectivity index (χ0) is 24.1. The van der Waals surface area contributed by atoms with Crippen LogP contribution < -0.4 is 14.9 Å². The Bertz CT molecular complexity index is 1350. The van der Waals surface area contributed by atoms with E-state index in [1.807, 2.05) is 31.2 Å². The van der Waals surface area contributed by atoms with E-state index in [0.717, 1.165) is 14.5 Å². The van der Waals surface area contributed by atoms with Gasteiger partial charge in [-0.15, -0.1) is 0 Å². The van der Waals surface area contributed by atoms with Crippen LogP contribution in [0, 0.1) is 3.57 Å². The quantitative estimate of drug-likeness (QED) is 0.132. The van der Waals surface area contributed by atoms with Crippen LogP contribution in [0.3, 0.4) is 0 Å². The smallest absolute Gasteiger partial charge is 0.307 e. The van der Waals surface area contributed by atoms with Crippen molar-refractivity contribution < 1.29 is 18.7 Å². The average molecular weight is 609 g/mol. The van der Waals surface area contributed by atoms with E-state index in [1.54, 1.807) is 36.4 Å². The van der Waals surface area contributed by atoms with Crippen LogP contribution in [0.2, 0.25) is 10.0 Å². The Hall–Kier alpha value is -2.75. The number of halogens is 3. The molecule has 3 aromatic carbocycles. The van der Waals surface area contributed by atoms with E-state index in [4.69, 9.17) is 37.1 Å². The second-order valence-electron chi connectivity index (χ2n) is 7.17. The number of rotatable bonds is 8. The van der Waals surface area contributed by atoms with E-state index < -0.39 is 5.91 Å². The molecule has 0 spiro atoms. The highest BCUT2D eigenvalue weighted by molar-refractivity contribution is 14.1. The first-order valence-corrected chi connectivity index (χ1v) is 12.1. The third-order valence-electron chi connectivity index (χ3n) is 4.71. The molecule has 0 radical (unpaired) electrons. The Morgan fingerprint density at radius 2 is 1.88 bits per heavy atom. The fraction of sp³-hybridized carbons (Fsp3) is 0.120. The van der Waals surface area contributed by atoms with Crippen molar-refractivity contribution in [1.82, 2.24) is 5.43 Å². The predicted molar refractivity (Wildman–Crippen MR) is 142 cm³/mol. The summed E-state index contributed by atoms with van der Waals surface area (Å²) in [7, 11) is 0. The van der Waals surface area contributed by atoms with Crippen LogP contribution in [-0.2, 0) is 6.61 Å². The standard InChI is InChI=1S/C25H19Cl2IN2O4/c1-2-32-22-10-16(9-20(27)24(22)33-14-15-3-6-19(28)7-4-15)13-29-30-25(31)23-12-17-11-18(26)5-8-21(17)34-23/h3-13H,2,14H2,1H3,(H,30,31)/b29-13+. The summed E-state index contributed by atoms with van der Waals surface area (Å²) >= 11 is 14.7. The molecule has 0 aliphatic heterocycles. The third-order valence-corrected chi connectivity index (χ3v) is 5.94. The SMILES string of the molecule is CCOc1cc(/C=N/NC(=O)c2cc3cc(Cl)ccc3o2)cc(Cl)c1OCc1ccc(I)cc1. The molecule has 0 aliphatic rings. The summed E-state index contributed by atoms with van der Waals surface area (Å²) in [6, 6.07) is 18.2. The lowest BCUT2D eigenvalue weighted by Crippen LogP contribution is -2.16. The van der Waals surface area contributed by atoms with Crippen molar-refractivity contribution >= 4 is 68.9 Å². The van der Waals surface area contributed by atoms with Crippen molar-refractivity contribution in [2.45, 2.75) is 13.5 Å². The Morgan fingerprint density at radius 3 is 2.65 bits per heavy atom. The number of nitrogens with zero attached hydrogens (tertiary/aromatic N) is 1. The molecular formula is C25H19Cl2IN2O4. The maximum atomic E-state index is 12.4. The zero-order valence-electron chi connectivity index (χ0n) is 18.0. The summed E-state index contributed by atoms with van der Waals surface area (Å²) in [6.45, 7) is 2.66. The van der Waals surface area contributed by atoms with Gasteiger partial charge >= 0.3 is 5.91 Å². The summed E-state index contributed by atoms with van der Waals surface area (Å²) in [5, 5.41) is 5.68. The van der Waals surface area contributed by atoms with E-state index in [1.165, 1.54) is 6.21 Å². The van der Waals surface area contributed by atoms with Gasteiger partial charge in [-0.25, -0.2) is 5.43 Å². The Kier molecular flexibility index (Phi) is 7.97. The van der Waals surface area contributed by atoms with Crippen LogP contribution in [0.1, 0.15) is 28.6 Å². The summed E-state index contributed by atoms with van der Waals surface area (Å²) < 4.78 is 18.4. The monoisotopic (exact) mass is 608 g/mol. The minimum absolute atomic E-state index is 0.127. The molecule has 0 atom stereocenters. The number of benzene rings is 3. The second-order valence-corrected chi connectivity index (χ2v) is 9.26. The number of hydrogen-bond donors (Lipinski definition) is 1. The molecule has 4 rings (SSSR count). The molecule has 1 N–H and O–H groups in total. The Labute approximate surface area is 220 Å². The van der Waals surface area contributed by atoms with Crippen LogP contribution in [0.4, 0.5) is 0 Å². The summed E-state index contributed by atoms with van der Waals surface area (Å²) in [6.07, 6.45) is 1.47. The zero-order valence-corrected chi connectivity index (χ0v) is 21.6. The normalized spacial score (nSPS) is 11.2. The minimum atomic E-state index is -0.489. The molecule has 4 aromatic rings. The lowest BCUT2D eigenvalue weighted by molar-refractivity contribution is 0.0929. The molecule has 0 fully saturated rings. The first-order valence-electron chi connectivity index (χ1n) is 10.3. The number of nitrogens with one attached hydrogen (secondary N) is 1. The van der Waals surface area contributed by atoms with Crippen molar-refractivity contribution in [2.75, 3.05) is 6.61 Å². The van der Waals surface area contributed by atoms with Crippen molar-refractivity contribution in [3.8, 4) is 11.5 Å². The van der Waals surface area contributed by atoms with Gasteiger partial charge in [0.05, 0.1) is 17.8 Å². The molecule has 0 bridgehead atoms. The van der Waals surface area contributed by atoms with Crippen molar-refractivity contribution in [3.05, 3.63) is 91.2 Å². The van der Waals surface area contributed by atoms with Crippen LogP contribution in [0.25, 0.3) is 11.0 Å². The van der Waals surface area contributed by atoms with Gasteiger partial charge in [0.2, 0.25) is 0 Å². The molecule has 1 heterocycles. The molecule has 0 aliphatic carbocycles. The van der Waals surface area contributed by atoms with E-state index in [9.17, 15) is 4.79 Å². The highest BCUT2D eigenvalue weighted by atomic mass is 127. The van der Waals surface area contributed by atoms with Gasteiger partial charge < -0.3 is 13.9 Å². The molecule has 6 nitrogen and oxygen atoms in total. The Balaban J connectivity index is 1.46. The molecule has 34 heavy (non-hydrogen) atoms. The number of hydrazone groups is 1. The topological polar surface area (TPSA) is 73.1 Å². The fourth-order valence-corrected chi connectivity index (χ4v) is 3.96. The Morgan fingerprint density at radius 1 is 1.09 bits per heavy atom. The van der Waals surface area contributed by atoms with Crippen LogP contribution >= 0.6 is 45.8 Å². The maximum Gasteiger partial charge on any atom is 0.307 e. The summed E-state index contributed by atoms with van der Waals surface area (Å²) in [5.41, 5.74) is 4.66. The van der Waals surface area contributed by atoms with Crippen LogP contribution in [0.5, 0.6) is 11.5 Å². The number of carbonyl (C=O) groups excluding carboxylic acids is 1. The van der Waals surface area contributed by atoms with Gasteiger partial charge in [-0.3, -0.25) is 4.79 Å².